The van der Waals surface area contributed by atoms with Crippen molar-refractivity contribution in [2.45, 2.75) is 81.4 Å². The van der Waals surface area contributed by atoms with Gasteiger partial charge in [0.25, 0.3) is 5.91 Å². The molecule has 346 valence electrons. The van der Waals surface area contributed by atoms with Crippen LogP contribution in [0.4, 0.5) is 0 Å². The Kier molecular flexibility index (Phi) is 15.3. The van der Waals surface area contributed by atoms with E-state index in [0.717, 1.165) is 0 Å². The first-order valence-corrected chi connectivity index (χ1v) is 21.0. The number of nitrogens with two attached hydrogens (primary N) is 1. The molecule has 3 fully saturated rings. The van der Waals surface area contributed by atoms with Gasteiger partial charge in [0.15, 0.2) is 30.2 Å². The number of ether oxygens (including phenoxy) is 10. The van der Waals surface area contributed by atoms with Gasteiger partial charge in [-0.05, 0) is 13.0 Å². The van der Waals surface area contributed by atoms with Gasteiger partial charge in [-0.3, -0.25) is 34.9 Å². The third kappa shape index (κ3) is 9.70. The smallest absolute Gasteiger partial charge is 0.270 e. The van der Waals surface area contributed by atoms with Crippen LogP contribution in [0.5, 0.6) is 17.2 Å². The van der Waals surface area contributed by atoms with Crippen molar-refractivity contribution in [3.63, 3.8) is 0 Å². The molecule has 7 N–H and O–H groups in total. The second-order valence-corrected chi connectivity index (χ2v) is 15.7. The molecule has 3 saturated heterocycles. The first-order chi connectivity index (χ1) is 30.4. The molecule has 21 nitrogen and oxygen atoms in total. The number of hydrogen-bond acceptors (Lipinski definition) is 19. The average Bonchev–Trinajstić information content (AvgIpc) is 3.66. The van der Waals surface area contributed by atoms with E-state index in [1.165, 1.54) is 32.4 Å². The summed E-state index contributed by atoms with van der Waals surface area (Å²) in [6.07, 6.45) is -5.56. The fourth-order valence-corrected chi connectivity index (χ4v) is 8.82. The second-order valence-electron chi connectivity index (χ2n) is 15.7. The molecule has 0 saturated carbocycles. The van der Waals surface area contributed by atoms with Crippen LogP contribution >= 0.6 is 0 Å². The highest BCUT2D eigenvalue weighted by Gasteiger charge is 2.55. The number of ketones is 2. The lowest BCUT2D eigenvalue weighted by Crippen LogP contribution is -2.57. The Morgan fingerprint density at radius 3 is 2.27 bits per heavy atom. The maximum atomic E-state index is 14.1. The average molecular weight is 889 g/mol. The Morgan fingerprint density at radius 1 is 0.905 bits per heavy atom. The van der Waals surface area contributed by atoms with Gasteiger partial charge in [-0.15, -0.1) is 0 Å². The first kappa shape index (κ1) is 46.6. The van der Waals surface area contributed by atoms with Crippen LogP contribution in [0.3, 0.4) is 0 Å². The van der Waals surface area contributed by atoms with Crippen LogP contribution in [0.15, 0.2) is 18.2 Å². The molecule has 0 aromatic heterocycles. The van der Waals surface area contributed by atoms with Crippen LogP contribution in [0.2, 0.25) is 0 Å². The number of fused-ring (bicyclic) bond motifs is 6. The highest BCUT2D eigenvalue weighted by Crippen LogP contribution is 2.53. The Hall–Kier alpha value is -4.36. The van der Waals surface area contributed by atoms with Gasteiger partial charge in [0, 0.05) is 62.2 Å². The molecule has 0 spiro atoms. The van der Waals surface area contributed by atoms with E-state index in [1.54, 1.807) is 0 Å². The van der Waals surface area contributed by atoms with Crippen molar-refractivity contribution in [1.82, 2.24) is 15.8 Å². The summed E-state index contributed by atoms with van der Waals surface area (Å²) in [5, 5.41) is 36.0. The van der Waals surface area contributed by atoms with Gasteiger partial charge >= 0.3 is 0 Å². The number of hydrazine groups is 1. The molecule has 2 aromatic rings. The van der Waals surface area contributed by atoms with Crippen LogP contribution in [-0.4, -0.2) is 173 Å². The van der Waals surface area contributed by atoms with Crippen molar-refractivity contribution in [1.29, 1.82) is 0 Å². The first-order valence-electron chi connectivity index (χ1n) is 21.0. The van der Waals surface area contributed by atoms with Crippen LogP contribution in [0.25, 0.3) is 0 Å². The van der Waals surface area contributed by atoms with Crippen LogP contribution < -0.4 is 21.3 Å². The molecule has 2 amide bonds. The molecular weight excluding hydrogens is 832 g/mol. The number of morpholine rings is 1. The summed E-state index contributed by atoms with van der Waals surface area (Å²) < 4.78 is 57.3. The Morgan fingerprint density at radius 2 is 1.59 bits per heavy atom. The Bertz CT molecular complexity index is 2000. The summed E-state index contributed by atoms with van der Waals surface area (Å²) in [4.78, 5) is 56.8. The number of amides is 2. The predicted molar refractivity (Wildman–Crippen MR) is 215 cm³/mol. The maximum absolute atomic E-state index is 14.1. The number of rotatable bonds is 19. The van der Waals surface area contributed by atoms with Gasteiger partial charge in [-0.1, -0.05) is 12.1 Å². The molecule has 63 heavy (non-hydrogen) atoms. The van der Waals surface area contributed by atoms with E-state index >= 15 is 0 Å². The van der Waals surface area contributed by atoms with Crippen molar-refractivity contribution in [3.05, 3.63) is 51.6 Å². The largest absolute Gasteiger partial charge is 0.507 e. The van der Waals surface area contributed by atoms with E-state index in [9.17, 15) is 34.5 Å². The zero-order chi connectivity index (χ0) is 44.8. The van der Waals surface area contributed by atoms with Gasteiger partial charge in [0.1, 0.15) is 23.4 Å². The van der Waals surface area contributed by atoms with Gasteiger partial charge in [0.2, 0.25) is 11.7 Å². The third-order valence-electron chi connectivity index (χ3n) is 11.8. The van der Waals surface area contributed by atoms with Crippen molar-refractivity contribution in [2.75, 3.05) is 86.8 Å². The van der Waals surface area contributed by atoms with Gasteiger partial charge in [-0.25, -0.2) is 0 Å². The summed E-state index contributed by atoms with van der Waals surface area (Å²) in [6, 6.07) is 4.17. The molecule has 0 bridgehead atoms. The van der Waals surface area contributed by atoms with E-state index in [-0.39, 0.29) is 72.8 Å². The van der Waals surface area contributed by atoms with E-state index in [2.05, 4.69) is 15.8 Å². The number of aromatic hydroxyl groups is 2. The minimum atomic E-state index is -2.40. The maximum Gasteiger partial charge on any atom is 0.270 e. The van der Waals surface area contributed by atoms with Crippen molar-refractivity contribution < 1.29 is 81.9 Å². The summed E-state index contributed by atoms with van der Waals surface area (Å²) in [5.74, 6) is -4.58. The number of carbonyl (C=O) groups is 4. The van der Waals surface area contributed by atoms with Crippen molar-refractivity contribution in [3.8, 4) is 17.2 Å². The number of hydrogen-bond donors (Lipinski definition) is 6. The fourth-order valence-electron chi connectivity index (χ4n) is 8.82. The molecule has 21 heteroatoms. The Labute approximate surface area is 363 Å². The molecule has 3 heterocycles. The highest BCUT2D eigenvalue weighted by atomic mass is 16.7. The monoisotopic (exact) mass is 888 g/mol. The zero-order valence-electron chi connectivity index (χ0n) is 35.5. The minimum absolute atomic E-state index is 0.00234. The van der Waals surface area contributed by atoms with Gasteiger partial charge < -0.3 is 68.4 Å². The summed E-state index contributed by atoms with van der Waals surface area (Å²) in [7, 11) is 2.86. The topological polar surface area (TPSA) is 275 Å². The molecule has 2 aliphatic carbocycles. The SMILES string of the molecule is COc1cccc2c1C(=O)c1c(O)c3c(c(O)c1C2=O)C[C@@](O)(C(=O)NNC(=O)CCOCCOCCOCCOCCN)C[C@@H]3O[C@H]1C[C@H]2[C@H](O[C@@H]3[C@@H](OC)OCCN32)[C@H](C)O1. The molecular formula is C42H56N4O17. The minimum Gasteiger partial charge on any atom is -0.507 e. The molecule has 8 atom stereocenters. The normalized spacial score (nSPS) is 27.5. The predicted octanol–water partition coefficient (Wildman–Crippen LogP) is -0.287. The number of nitrogens with zero attached hydrogens (tertiary/aromatic N) is 1. The number of carbonyl (C=O) groups excluding carboxylic acids is 4. The van der Waals surface area contributed by atoms with Gasteiger partial charge in [0.05, 0.1) is 102 Å². The second kappa shape index (κ2) is 20.6. The molecule has 7 rings (SSSR count). The molecule has 5 aliphatic rings. The number of nitrogens with one attached hydrogen (secondary N) is 2. The van der Waals surface area contributed by atoms with Crippen molar-refractivity contribution >= 4 is 23.4 Å². The number of phenols is 2. The standard InChI is InChI=1S/C42H56N4O17/c1-22-38-25(46-9-12-60-40(55-3)39(46)63-38)19-29(61-22)62-27-21-42(53,41(52)45-44-28(47)7-10-56-13-15-58-17-18-59-16-14-57-11-8-43)20-24-31(27)37(51)33-32(35(24)49)34(48)23-5-4-6-26(54-2)30(23)36(33)50/h4-6,22,25,27,29,38-40,49,51,53H,7-21,43H2,1-3H3,(H,44,47)(H,45,52)/t22-,25-,27-,29-,38+,39+,40-,42-/m0/s1. The van der Waals surface area contributed by atoms with Gasteiger partial charge in [-0.2, -0.15) is 0 Å². The van der Waals surface area contributed by atoms with Crippen LogP contribution in [0.1, 0.15) is 75.3 Å². The van der Waals surface area contributed by atoms with E-state index < -0.39 is 95.5 Å². The molecule has 3 aliphatic heterocycles. The van der Waals surface area contributed by atoms with Crippen molar-refractivity contribution in [2.24, 2.45) is 5.73 Å². The van der Waals surface area contributed by atoms with E-state index in [1.807, 2.05) is 6.92 Å². The van der Waals surface area contributed by atoms with Crippen LogP contribution in [0, 0.1) is 0 Å². The lowest BCUT2D eigenvalue weighted by Gasteiger charge is -2.43. The van der Waals surface area contributed by atoms with Crippen LogP contribution in [-0.2, 0) is 58.6 Å². The number of phenolic OH excluding ortho intramolecular Hbond substituents is 2. The summed E-state index contributed by atoms with van der Waals surface area (Å²) in [6.45, 7) is 5.69. The summed E-state index contributed by atoms with van der Waals surface area (Å²) >= 11 is 0. The van der Waals surface area contributed by atoms with E-state index in [0.29, 0.717) is 52.7 Å². The number of methoxy groups -OCH3 is 2. The lowest BCUT2D eigenvalue weighted by molar-refractivity contribution is -0.256. The molecule has 0 radical (unpaired) electrons. The zero-order valence-corrected chi connectivity index (χ0v) is 35.5. The number of benzene rings is 2. The highest BCUT2D eigenvalue weighted by molar-refractivity contribution is 6.31. The number of aliphatic hydroxyl groups is 1. The molecule has 2 aromatic carbocycles. The third-order valence-corrected chi connectivity index (χ3v) is 11.8. The quantitative estimate of drug-likeness (QED) is 0.0513. The van der Waals surface area contributed by atoms with E-state index in [4.69, 9.17) is 53.1 Å². The lowest BCUT2D eigenvalue weighted by atomic mass is 9.72. The fraction of sp³-hybridized carbons (Fsp3) is 0.619. The summed E-state index contributed by atoms with van der Waals surface area (Å²) in [5.41, 5.74) is 6.01. The molecule has 0 unspecified atom stereocenters. The Balaban J connectivity index is 1.05.